The monoisotopic (exact) mass is 512 g/mol. The number of fused-ring (bicyclic) bond motifs is 4. The minimum atomic E-state index is -1.90. The minimum Gasteiger partial charge on any atom is -0.144 e. The highest BCUT2D eigenvalue weighted by Crippen LogP contribution is 2.46. The van der Waals surface area contributed by atoms with Crippen molar-refractivity contribution in [2.24, 2.45) is 0 Å². The molecule has 0 aliphatic carbocycles. The van der Waals surface area contributed by atoms with Gasteiger partial charge < -0.3 is 0 Å². The van der Waals surface area contributed by atoms with Gasteiger partial charge in [-0.1, -0.05) is 66.7 Å². The van der Waals surface area contributed by atoms with Gasteiger partial charge in [-0.25, -0.2) is 0 Å². The SMILES string of the molecule is CCC(C)[Si](C#Cc1c2cc3ccsc3cc2cc2cc3sccc3cc12)(C(C)CC)C(C)CC. The van der Waals surface area contributed by atoms with Gasteiger partial charge >= 0.3 is 0 Å². The van der Waals surface area contributed by atoms with Crippen LogP contribution in [0.5, 0.6) is 0 Å². The molecule has 0 fully saturated rings. The third-order valence-corrected chi connectivity index (χ3v) is 17.2. The molecule has 35 heavy (non-hydrogen) atoms. The van der Waals surface area contributed by atoms with Gasteiger partial charge in [0.2, 0.25) is 0 Å². The summed E-state index contributed by atoms with van der Waals surface area (Å²) >= 11 is 3.66. The number of rotatable bonds is 6. The van der Waals surface area contributed by atoms with Gasteiger partial charge in [0, 0.05) is 15.0 Å². The Hall–Kier alpha value is -2.12. The van der Waals surface area contributed by atoms with Crippen molar-refractivity contribution in [3.63, 3.8) is 0 Å². The number of hydrogen-bond acceptors (Lipinski definition) is 2. The quantitative estimate of drug-likeness (QED) is 0.120. The summed E-state index contributed by atoms with van der Waals surface area (Å²) in [5.41, 5.74) is 7.47. The predicted octanol–water partition coefficient (Wildman–Crippen LogP) is 11.2. The zero-order valence-corrected chi connectivity index (χ0v) is 24.5. The highest BCUT2D eigenvalue weighted by molar-refractivity contribution is 7.17. The van der Waals surface area contributed by atoms with E-state index in [0.717, 1.165) is 0 Å². The van der Waals surface area contributed by atoms with Crippen molar-refractivity contribution < 1.29 is 0 Å². The highest BCUT2D eigenvalue weighted by atomic mass is 32.1. The number of hydrogen-bond donors (Lipinski definition) is 0. The van der Waals surface area contributed by atoms with Crippen LogP contribution in [0.15, 0.2) is 53.2 Å². The van der Waals surface area contributed by atoms with Crippen LogP contribution in [-0.4, -0.2) is 8.07 Å². The van der Waals surface area contributed by atoms with Crippen LogP contribution >= 0.6 is 22.7 Å². The molecule has 0 spiro atoms. The lowest BCUT2D eigenvalue weighted by Crippen LogP contribution is -2.45. The average Bonchev–Trinajstić information content (AvgIpc) is 3.53. The molecule has 0 amide bonds. The van der Waals surface area contributed by atoms with E-state index in [0.29, 0.717) is 16.6 Å². The molecule has 0 saturated carbocycles. The van der Waals surface area contributed by atoms with E-state index in [9.17, 15) is 0 Å². The molecule has 0 radical (unpaired) electrons. The van der Waals surface area contributed by atoms with Crippen molar-refractivity contribution >= 4 is 72.5 Å². The van der Waals surface area contributed by atoms with Crippen LogP contribution < -0.4 is 0 Å². The normalized spacial score (nSPS) is 16.3. The third kappa shape index (κ3) is 4.04. The van der Waals surface area contributed by atoms with E-state index in [-0.39, 0.29) is 0 Å². The van der Waals surface area contributed by atoms with Crippen molar-refractivity contribution in [1.29, 1.82) is 0 Å². The van der Waals surface area contributed by atoms with E-state index in [2.05, 4.69) is 106 Å². The molecule has 0 aliphatic heterocycles. The molecule has 0 saturated heterocycles. The first-order valence-corrected chi connectivity index (χ1v) is 17.2. The Morgan fingerprint density at radius 2 is 1.11 bits per heavy atom. The van der Waals surface area contributed by atoms with Crippen molar-refractivity contribution in [2.75, 3.05) is 0 Å². The van der Waals surface area contributed by atoms with E-state index < -0.39 is 8.07 Å². The van der Waals surface area contributed by atoms with E-state index in [1.807, 2.05) is 22.7 Å². The molecule has 3 heteroatoms. The van der Waals surface area contributed by atoms with E-state index in [4.69, 9.17) is 0 Å². The lowest BCUT2D eigenvalue weighted by molar-refractivity contribution is 0.702. The van der Waals surface area contributed by atoms with Crippen LogP contribution in [0.2, 0.25) is 16.6 Å². The Morgan fingerprint density at radius 1 is 0.657 bits per heavy atom. The van der Waals surface area contributed by atoms with Gasteiger partial charge in [-0.3, -0.25) is 0 Å². The van der Waals surface area contributed by atoms with Crippen molar-refractivity contribution in [3.05, 3.63) is 58.8 Å². The van der Waals surface area contributed by atoms with E-state index in [1.165, 1.54) is 66.5 Å². The molecule has 5 aromatic rings. The highest BCUT2D eigenvalue weighted by Gasteiger charge is 2.45. The first-order chi connectivity index (χ1) is 16.9. The Balaban J connectivity index is 1.87. The molecular weight excluding hydrogens is 477 g/mol. The summed E-state index contributed by atoms with van der Waals surface area (Å²) in [5.74, 6) is 3.95. The Kier molecular flexibility index (Phi) is 6.83. The first kappa shape index (κ1) is 24.6. The standard InChI is InChI=1S/C32H36S2Si/c1-7-21(4)35(22(5)8-2,23(6)9-3)15-12-28-29-17-24-10-13-33-31(24)19-26(29)16-27-20-32-25(11-14-34-32)18-30(27)28/h10-11,13-14,16-23H,7-9H2,1-6H3. The summed E-state index contributed by atoms with van der Waals surface area (Å²) in [4.78, 5) is 0. The maximum Gasteiger partial charge on any atom is 0.147 e. The van der Waals surface area contributed by atoms with Crippen LogP contribution in [0.4, 0.5) is 0 Å². The fraction of sp³-hybridized carbons (Fsp3) is 0.375. The van der Waals surface area contributed by atoms with Crippen LogP contribution in [0.1, 0.15) is 66.4 Å². The van der Waals surface area contributed by atoms with E-state index in [1.54, 1.807) is 0 Å². The molecular formula is C32H36S2Si. The molecule has 5 rings (SSSR count). The van der Waals surface area contributed by atoms with Crippen molar-refractivity contribution in [3.8, 4) is 11.5 Å². The van der Waals surface area contributed by atoms with E-state index >= 15 is 0 Å². The lowest BCUT2D eigenvalue weighted by Gasteiger charge is -2.41. The summed E-state index contributed by atoms with van der Waals surface area (Å²) in [6, 6.07) is 16.4. The summed E-state index contributed by atoms with van der Waals surface area (Å²) in [6.45, 7) is 14.6. The molecule has 3 aromatic carbocycles. The number of benzene rings is 3. The second-order valence-electron chi connectivity index (χ2n) is 10.4. The Morgan fingerprint density at radius 3 is 1.54 bits per heavy atom. The van der Waals surface area contributed by atoms with Crippen LogP contribution in [0.3, 0.4) is 0 Å². The maximum atomic E-state index is 4.16. The van der Waals surface area contributed by atoms with Crippen molar-refractivity contribution in [1.82, 2.24) is 0 Å². The predicted molar refractivity (Wildman–Crippen MR) is 164 cm³/mol. The van der Waals surface area contributed by atoms with Gasteiger partial charge in [-0.05, 0) is 102 Å². The lowest BCUT2D eigenvalue weighted by atomic mass is 9.95. The molecule has 0 nitrogen and oxygen atoms in total. The minimum absolute atomic E-state index is 0.688. The first-order valence-electron chi connectivity index (χ1n) is 13.2. The maximum absolute atomic E-state index is 4.16. The number of thiophene rings is 2. The summed E-state index contributed by atoms with van der Waals surface area (Å²) < 4.78 is 2.71. The zero-order valence-electron chi connectivity index (χ0n) is 21.9. The van der Waals surface area contributed by atoms with Gasteiger partial charge in [0.25, 0.3) is 0 Å². The molecule has 2 aromatic heterocycles. The van der Waals surface area contributed by atoms with Crippen molar-refractivity contribution in [2.45, 2.75) is 77.4 Å². The molecule has 0 aliphatic rings. The summed E-state index contributed by atoms with van der Waals surface area (Å²) in [7, 11) is -1.90. The topological polar surface area (TPSA) is 0 Å². The van der Waals surface area contributed by atoms with Gasteiger partial charge in [-0.15, -0.1) is 28.2 Å². The van der Waals surface area contributed by atoms with Gasteiger partial charge in [0.1, 0.15) is 8.07 Å². The van der Waals surface area contributed by atoms with Gasteiger partial charge in [-0.2, -0.15) is 0 Å². The zero-order chi connectivity index (χ0) is 24.7. The van der Waals surface area contributed by atoms with Crippen LogP contribution in [-0.2, 0) is 0 Å². The van der Waals surface area contributed by atoms with Gasteiger partial charge in [0.15, 0.2) is 0 Å². The summed E-state index contributed by atoms with van der Waals surface area (Å²) in [6.07, 6.45) is 3.66. The molecule has 0 bridgehead atoms. The summed E-state index contributed by atoms with van der Waals surface area (Å²) in [5, 5.41) is 12.3. The second kappa shape index (κ2) is 9.73. The fourth-order valence-corrected chi connectivity index (χ4v) is 13.8. The molecule has 2 heterocycles. The average molecular weight is 513 g/mol. The smallest absolute Gasteiger partial charge is 0.144 e. The van der Waals surface area contributed by atoms with Crippen LogP contribution in [0.25, 0.3) is 41.7 Å². The third-order valence-electron chi connectivity index (χ3n) is 8.79. The van der Waals surface area contributed by atoms with Gasteiger partial charge in [0.05, 0.1) is 0 Å². The fourth-order valence-electron chi connectivity index (χ4n) is 6.18. The molecule has 0 N–H and O–H groups in total. The molecule has 3 atom stereocenters. The Labute approximate surface area is 219 Å². The Bertz CT molecular complexity index is 1460. The second-order valence-corrected chi connectivity index (χ2v) is 17.4. The molecule has 180 valence electrons. The van der Waals surface area contributed by atoms with Crippen LogP contribution in [0, 0.1) is 11.5 Å². The molecule has 3 unspecified atom stereocenters. The largest absolute Gasteiger partial charge is 0.147 e.